The van der Waals surface area contributed by atoms with Crippen LogP contribution >= 0.6 is 0 Å². The van der Waals surface area contributed by atoms with Gasteiger partial charge >= 0.3 is 5.97 Å². The van der Waals surface area contributed by atoms with E-state index >= 15 is 0 Å². The molecule has 1 atom stereocenters. The van der Waals surface area contributed by atoms with Gasteiger partial charge in [-0.3, -0.25) is 4.79 Å². The van der Waals surface area contributed by atoms with Crippen molar-refractivity contribution in [2.45, 2.75) is 39.9 Å². The summed E-state index contributed by atoms with van der Waals surface area (Å²) in [5.41, 5.74) is 4.43. The van der Waals surface area contributed by atoms with E-state index < -0.39 is 5.97 Å². The maximum Gasteiger partial charge on any atom is 0.306 e. The van der Waals surface area contributed by atoms with Crippen LogP contribution in [0.3, 0.4) is 0 Å². The number of carboxylic acids is 1. The number of carboxylic acid groups (broad SMARTS) is 1. The molecule has 2 N–H and O–H groups in total. The number of hydrogen-bond donors (Lipinski definition) is 2. The van der Waals surface area contributed by atoms with E-state index in [0.717, 1.165) is 27.8 Å². The highest BCUT2D eigenvalue weighted by Gasteiger charge is 2.30. The van der Waals surface area contributed by atoms with Crippen molar-refractivity contribution in [3.8, 4) is 5.75 Å². The van der Waals surface area contributed by atoms with Crippen LogP contribution < -0.4 is 0 Å². The first-order valence-electron chi connectivity index (χ1n) is 5.58. The number of ether oxygens (including phenoxy) is 1. The molecular formula is C13H16O4. The maximum absolute atomic E-state index is 10.8. The zero-order valence-electron chi connectivity index (χ0n) is 10.2. The Morgan fingerprint density at radius 3 is 2.53 bits per heavy atom. The fourth-order valence-corrected chi connectivity index (χ4v) is 2.44. The van der Waals surface area contributed by atoms with E-state index in [-0.39, 0.29) is 12.5 Å². The Balaban J connectivity index is 2.56. The second-order valence-corrected chi connectivity index (χ2v) is 4.51. The summed E-state index contributed by atoms with van der Waals surface area (Å²) in [6.07, 6.45) is -0.419. The third-order valence-electron chi connectivity index (χ3n) is 3.57. The largest absolute Gasteiger partial charge is 0.507 e. The average molecular weight is 236 g/mol. The van der Waals surface area contributed by atoms with Gasteiger partial charge in [0.25, 0.3) is 0 Å². The van der Waals surface area contributed by atoms with Crippen LogP contribution in [0.1, 0.15) is 40.3 Å². The Morgan fingerprint density at radius 1 is 1.29 bits per heavy atom. The van der Waals surface area contributed by atoms with Crippen molar-refractivity contribution in [3.05, 3.63) is 27.8 Å². The zero-order chi connectivity index (χ0) is 12.7. The molecule has 4 heteroatoms. The summed E-state index contributed by atoms with van der Waals surface area (Å²) in [7, 11) is 0. The summed E-state index contributed by atoms with van der Waals surface area (Å²) in [5, 5.41) is 18.8. The highest BCUT2D eigenvalue weighted by molar-refractivity contribution is 5.69. The fourth-order valence-electron chi connectivity index (χ4n) is 2.44. The number of benzene rings is 1. The Labute approximate surface area is 99.8 Å². The van der Waals surface area contributed by atoms with Crippen LogP contribution in [0.25, 0.3) is 0 Å². The Morgan fingerprint density at radius 2 is 1.94 bits per heavy atom. The molecule has 4 nitrogen and oxygen atoms in total. The van der Waals surface area contributed by atoms with Crippen molar-refractivity contribution in [1.29, 1.82) is 0 Å². The SMILES string of the molecule is Cc1c(C)c2c(c(C)c1O)COC2CC(=O)O. The Kier molecular flexibility index (Phi) is 2.83. The van der Waals surface area contributed by atoms with Crippen molar-refractivity contribution < 1.29 is 19.7 Å². The highest BCUT2D eigenvalue weighted by Crippen LogP contribution is 2.42. The van der Waals surface area contributed by atoms with Crippen molar-refractivity contribution >= 4 is 5.97 Å². The molecule has 0 saturated carbocycles. The molecule has 1 aromatic carbocycles. The molecule has 17 heavy (non-hydrogen) atoms. The first-order chi connectivity index (χ1) is 7.93. The summed E-state index contributed by atoms with van der Waals surface area (Å²) in [5.74, 6) is -0.577. The normalized spacial score (nSPS) is 18.2. The monoisotopic (exact) mass is 236 g/mol. The smallest absolute Gasteiger partial charge is 0.306 e. The molecule has 1 unspecified atom stereocenters. The van der Waals surface area contributed by atoms with Gasteiger partial charge in [-0.2, -0.15) is 0 Å². The standard InChI is InChI=1S/C13H16O4/c1-6-7(2)13(16)8(3)9-5-17-10(12(6)9)4-11(14)15/h10,16H,4-5H2,1-3H3,(H,14,15). The number of phenols is 1. The van der Waals surface area contributed by atoms with Gasteiger partial charge in [0, 0.05) is 0 Å². The van der Waals surface area contributed by atoms with Gasteiger partial charge in [0.05, 0.1) is 19.1 Å². The predicted molar refractivity (Wildman–Crippen MR) is 62.1 cm³/mol. The minimum absolute atomic E-state index is 0.0303. The van der Waals surface area contributed by atoms with E-state index in [1.807, 2.05) is 20.8 Å². The number of aromatic hydroxyl groups is 1. The number of phenolic OH excluding ortho intramolecular Hbond substituents is 1. The van der Waals surface area contributed by atoms with Crippen LogP contribution in [-0.4, -0.2) is 16.2 Å². The maximum atomic E-state index is 10.8. The summed E-state index contributed by atoms with van der Waals surface area (Å²) >= 11 is 0. The molecule has 1 heterocycles. The first-order valence-corrected chi connectivity index (χ1v) is 5.58. The number of hydrogen-bond acceptors (Lipinski definition) is 3. The van der Waals surface area contributed by atoms with Crippen LogP contribution in [0.2, 0.25) is 0 Å². The highest BCUT2D eigenvalue weighted by atomic mass is 16.5. The molecule has 1 aliphatic heterocycles. The number of rotatable bonds is 2. The lowest BCUT2D eigenvalue weighted by molar-refractivity contribution is -0.140. The van der Waals surface area contributed by atoms with Crippen LogP contribution in [0.4, 0.5) is 0 Å². The molecule has 1 aromatic rings. The number of carbonyl (C=O) groups is 1. The van der Waals surface area contributed by atoms with Gasteiger partial charge in [-0.05, 0) is 48.6 Å². The van der Waals surface area contributed by atoms with Crippen molar-refractivity contribution in [3.63, 3.8) is 0 Å². The van der Waals surface area contributed by atoms with Gasteiger partial charge in [-0.1, -0.05) is 0 Å². The molecule has 2 rings (SSSR count). The third-order valence-corrected chi connectivity index (χ3v) is 3.57. The molecule has 0 spiro atoms. The lowest BCUT2D eigenvalue weighted by Crippen LogP contribution is -2.07. The third kappa shape index (κ3) is 1.78. The summed E-state index contributed by atoms with van der Waals surface area (Å²) < 4.78 is 5.51. The quantitative estimate of drug-likeness (QED) is 0.827. The summed E-state index contributed by atoms with van der Waals surface area (Å²) in [4.78, 5) is 10.8. The van der Waals surface area contributed by atoms with Gasteiger partial charge in [-0.25, -0.2) is 0 Å². The minimum Gasteiger partial charge on any atom is -0.507 e. The number of fused-ring (bicyclic) bond motifs is 1. The fraction of sp³-hybridized carbons (Fsp3) is 0.462. The molecule has 92 valence electrons. The second kappa shape index (κ2) is 4.04. The van der Waals surface area contributed by atoms with Crippen LogP contribution in [0.15, 0.2) is 0 Å². The predicted octanol–water partition coefficient (Wildman–Crippen LogP) is 2.36. The average Bonchev–Trinajstić information content (AvgIpc) is 2.66. The minimum atomic E-state index is -0.870. The molecule has 0 bridgehead atoms. The molecular weight excluding hydrogens is 220 g/mol. The molecule has 0 saturated heterocycles. The first kappa shape index (κ1) is 11.9. The zero-order valence-corrected chi connectivity index (χ0v) is 10.2. The molecule has 0 fully saturated rings. The van der Waals surface area contributed by atoms with Gasteiger partial charge < -0.3 is 14.9 Å². The molecule has 0 amide bonds. The Bertz CT molecular complexity index is 491. The molecule has 0 aliphatic carbocycles. The van der Waals surface area contributed by atoms with E-state index in [9.17, 15) is 9.90 Å². The molecule has 0 aromatic heterocycles. The van der Waals surface area contributed by atoms with E-state index in [0.29, 0.717) is 12.4 Å². The van der Waals surface area contributed by atoms with Gasteiger partial charge in [0.1, 0.15) is 5.75 Å². The van der Waals surface area contributed by atoms with Crippen LogP contribution in [0, 0.1) is 20.8 Å². The van der Waals surface area contributed by atoms with Gasteiger partial charge in [0.2, 0.25) is 0 Å². The van der Waals surface area contributed by atoms with E-state index in [1.54, 1.807) is 0 Å². The summed E-state index contributed by atoms with van der Waals surface area (Å²) in [6, 6.07) is 0. The van der Waals surface area contributed by atoms with Gasteiger partial charge in [0.15, 0.2) is 0 Å². The molecule has 0 radical (unpaired) electrons. The lowest BCUT2D eigenvalue weighted by Gasteiger charge is -2.16. The number of aliphatic carboxylic acids is 1. The van der Waals surface area contributed by atoms with E-state index in [4.69, 9.17) is 9.84 Å². The summed E-state index contributed by atoms with van der Waals surface area (Å²) in [6.45, 7) is 5.96. The van der Waals surface area contributed by atoms with Gasteiger partial charge in [-0.15, -0.1) is 0 Å². The van der Waals surface area contributed by atoms with Crippen LogP contribution in [-0.2, 0) is 16.1 Å². The second-order valence-electron chi connectivity index (χ2n) is 4.51. The Hall–Kier alpha value is -1.55. The van der Waals surface area contributed by atoms with Crippen LogP contribution in [0.5, 0.6) is 5.75 Å². The van der Waals surface area contributed by atoms with E-state index in [2.05, 4.69) is 0 Å². The van der Waals surface area contributed by atoms with Crippen molar-refractivity contribution in [1.82, 2.24) is 0 Å². The van der Waals surface area contributed by atoms with Crippen molar-refractivity contribution in [2.24, 2.45) is 0 Å². The topological polar surface area (TPSA) is 66.8 Å². The lowest BCUT2D eigenvalue weighted by atomic mass is 9.90. The van der Waals surface area contributed by atoms with Crippen molar-refractivity contribution in [2.75, 3.05) is 0 Å². The van der Waals surface area contributed by atoms with E-state index in [1.165, 1.54) is 0 Å². The molecule has 1 aliphatic rings.